The number of rotatable bonds is 6. The highest BCUT2D eigenvalue weighted by atomic mass is 32.2. The van der Waals surface area contributed by atoms with E-state index >= 15 is 0 Å². The molecule has 1 atom stereocenters. The van der Waals surface area contributed by atoms with Crippen LogP contribution in [-0.4, -0.2) is 47.5 Å². The molecule has 1 saturated heterocycles. The number of nitrogens with zero attached hydrogens (tertiary/aromatic N) is 1. The van der Waals surface area contributed by atoms with Gasteiger partial charge in [-0.1, -0.05) is 35.9 Å². The lowest BCUT2D eigenvalue weighted by Crippen LogP contribution is -2.48. The van der Waals surface area contributed by atoms with Gasteiger partial charge in [0.2, 0.25) is 5.91 Å². The Kier molecular flexibility index (Phi) is 6.17. The first-order valence-electron chi connectivity index (χ1n) is 8.56. The topological polar surface area (TPSA) is 58.6 Å². The zero-order chi connectivity index (χ0) is 18.4. The van der Waals surface area contributed by atoms with Gasteiger partial charge in [0, 0.05) is 11.3 Å². The molecule has 0 radical (unpaired) electrons. The minimum atomic E-state index is -0.438. The van der Waals surface area contributed by atoms with Crippen LogP contribution in [0.1, 0.15) is 15.9 Å². The largest absolute Gasteiger partial charge is 0.492 e. The van der Waals surface area contributed by atoms with E-state index in [1.165, 1.54) is 5.56 Å². The molecular weight excluding hydrogens is 348 g/mol. The molecule has 0 bridgehead atoms. The smallest absolute Gasteiger partial charge is 0.255 e. The Hall–Kier alpha value is -2.47. The van der Waals surface area contributed by atoms with Gasteiger partial charge in [-0.2, -0.15) is 0 Å². The van der Waals surface area contributed by atoms with Crippen molar-refractivity contribution in [3.63, 3.8) is 0 Å². The van der Waals surface area contributed by atoms with Crippen LogP contribution in [0.2, 0.25) is 0 Å². The van der Waals surface area contributed by atoms with Gasteiger partial charge in [-0.15, -0.1) is 11.8 Å². The van der Waals surface area contributed by atoms with Crippen LogP contribution < -0.4 is 10.1 Å². The molecule has 1 heterocycles. The molecule has 5 nitrogen and oxygen atoms in total. The van der Waals surface area contributed by atoms with Crippen LogP contribution in [-0.2, 0) is 4.79 Å². The molecule has 2 aromatic carbocycles. The lowest BCUT2D eigenvalue weighted by atomic mass is 10.1. The van der Waals surface area contributed by atoms with Crippen molar-refractivity contribution in [2.45, 2.75) is 13.0 Å². The Balaban J connectivity index is 1.49. The molecule has 1 N–H and O–H groups in total. The van der Waals surface area contributed by atoms with Crippen LogP contribution in [0.4, 0.5) is 0 Å². The van der Waals surface area contributed by atoms with Gasteiger partial charge >= 0.3 is 0 Å². The van der Waals surface area contributed by atoms with Crippen LogP contribution in [0.5, 0.6) is 5.75 Å². The van der Waals surface area contributed by atoms with Crippen LogP contribution in [0.25, 0.3) is 0 Å². The third-order valence-corrected chi connectivity index (χ3v) is 5.17. The minimum absolute atomic E-state index is 0.105. The number of amides is 2. The van der Waals surface area contributed by atoms with E-state index in [4.69, 9.17) is 4.74 Å². The fourth-order valence-corrected chi connectivity index (χ4v) is 3.86. The summed E-state index contributed by atoms with van der Waals surface area (Å²) >= 11 is 1.59. The fourth-order valence-electron chi connectivity index (χ4n) is 2.70. The molecule has 0 unspecified atom stereocenters. The molecule has 0 aromatic heterocycles. The van der Waals surface area contributed by atoms with Gasteiger partial charge in [0.1, 0.15) is 18.4 Å². The van der Waals surface area contributed by atoms with Crippen molar-refractivity contribution >= 4 is 23.6 Å². The van der Waals surface area contributed by atoms with Gasteiger partial charge in [-0.25, -0.2) is 0 Å². The number of hydrogen-bond acceptors (Lipinski definition) is 4. The summed E-state index contributed by atoms with van der Waals surface area (Å²) in [5.41, 5.74) is 1.78. The molecule has 2 amide bonds. The highest BCUT2D eigenvalue weighted by molar-refractivity contribution is 7.99. The van der Waals surface area contributed by atoms with Gasteiger partial charge in [0.05, 0.1) is 12.4 Å². The molecule has 1 aliphatic rings. The molecule has 0 saturated carbocycles. The maximum Gasteiger partial charge on any atom is 0.255 e. The summed E-state index contributed by atoms with van der Waals surface area (Å²) in [7, 11) is 0. The number of hydrogen-bond donors (Lipinski definition) is 1. The molecule has 26 heavy (non-hydrogen) atoms. The molecular formula is C20H22N2O3S. The van der Waals surface area contributed by atoms with Gasteiger partial charge in [-0.05, 0) is 31.2 Å². The third kappa shape index (κ3) is 4.58. The van der Waals surface area contributed by atoms with Gasteiger partial charge < -0.3 is 15.0 Å². The van der Waals surface area contributed by atoms with Crippen molar-refractivity contribution in [3.05, 3.63) is 65.7 Å². The first-order valence-corrected chi connectivity index (χ1v) is 9.71. The summed E-state index contributed by atoms with van der Waals surface area (Å²) in [5, 5.41) is 2.87. The Morgan fingerprint density at radius 3 is 2.62 bits per heavy atom. The maximum absolute atomic E-state index is 12.6. The summed E-state index contributed by atoms with van der Waals surface area (Å²) in [6, 6.07) is 16.4. The van der Waals surface area contributed by atoms with E-state index in [1.54, 1.807) is 28.8 Å². The molecule has 2 aromatic rings. The number of ether oxygens (including phenoxy) is 1. The Morgan fingerprint density at radius 2 is 1.88 bits per heavy atom. The lowest BCUT2D eigenvalue weighted by molar-refractivity contribution is -0.124. The highest BCUT2D eigenvalue weighted by Crippen LogP contribution is 2.23. The predicted molar refractivity (Wildman–Crippen MR) is 103 cm³/mol. The van der Waals surface area contributed by atoms with Gasteiger partial charge in [0.15, 0.2) is 0 Å². The van der Waals surface area contributed by atoms with E-state index in [0.29, 0.717) is 30.3 Å². The molecule has 136 valence electrons. The Labute approximate surface area is 157 Å². The van der Waals surface area contributed by atoms with Crippen LogP contribution in [0, 0.1) is 6.92 Å². The average Bonchev–Trinajstić information content (AvgIpc) is 3.16. The van der Waals surface area contributed by atoms with Crippen LogP contribution in [0.15, 0.2) is 54.6 Å². The molecule has 0 aliphatic carbocycles. The van der Waals surface area contributed by atoms with E-state index in [9.17, 15) is 9.59 Å². The maximum atomic E-state index is 12.6. The van der Waals surface area contributed by atoms with Crippen molar-refractivity contribution in [2.75, 3.05) is 24.8 Å². The Bertz CT molecular complexity index is 749. The second-order valence-corrected chi connectivity index (χ2v) is 7.11. The van der Waals surface area contributed by atoms with E-state index in [-0.39, 0.29) is 11.8 Å². The van der Waals surface area contributed by atoms with Crippen molar-refractivity contribution < 1.29 is 14.3 Å². The average molecular weight is 370 g/mol. The highest BCUT2D eigenvalue weighted by Gasteiger charge is 2.34. The monoisotopic (exact) mass is 370 g/mol. The minimum Gasteiger partial charge on any atom is -0.492 e. The predicted octanol–water partition coefficient (Wildman–Crippen LogP) is 2.71. The van der Waals surface area contributed by atoms with Gasteiger partial charge in [-0.3, -0.25) is 9.59 Å². The molecule has 0 spiro atoms. The quantitative estimate of drug-likeness (QED) is 0.795. The molecule has 1 fully saturated rings. The van der Waals surface area contributed by atoms with Crippen molar-refractivity contribution in [3.8, 4) is 5.75 Å². The standard InChI is InChI=1S/C20H22N2O3S/c1-15-7-9-17(10-8-15)25-12-11-21-19(23)18-13-26-14-22(18)20(24)16-5-3-2-4-6-16/h2-10,18H,11-14H2,1H3,(H,21,23)/t18-/m0/s1. The Morgan fingerprint density at radius 1 is 1.15 bits per heavy atom. The van der Waals surface area contributed by atoms with Crippen LogP contribution in [0.3, 0.4) is 0 Å². The number of benzene rings is 2. The number of thioether (sulfide) groups is 1. The summed E-state index contributed by atoms with van der Waals surface area (Å²) in [4.78, 5) is 26.7. The number of aryl methyl sites for hydroxylation is 1. The van der Waals surface area contributed by atoms with Crippen molar-refractivity contribution in [1.29, 1.82) is 0 Å². The molecule has 3 rings (SSSR count). The van der Waals surface area contributed by atoms with Crippen molar-refractivity contribution in [2.24, 2.45) is 0 Å². The molecule has 1 aliphatic heterocycles. The fraction of sp³-hybridized carbons (Fsp3) is 0.300. The number of carbonyl (C=O) groups is 2. The molecule has 6 heteroatoms. The number of carbonyl (C=O) groups excluding carboxylic acids is 2. The summed E-state index contributed by atoms with van der Waals surface area (Å²) in [5.74, 6) is 1.69. The normalized spacial score (nSPS) is 16.3. The second-order valence-electron chi connectivity index (χ2n) is 6.11. The zero-order valence-electron chi connectivity index (χ0n) is 14.7. The first kappa shape index (κ1) is 18.3. The lowest BCUT2D eigenvalue weighted by Gasteiger charge is -2.23. The van der Waals surface area contributed by atoms with Crippen molar-refractivity contribution in [1.82, 2.24) is 10.2 Å². The zero-order valence-corrected chi connectivity index (χ0v) is 15.5. The summed E-state index contributed by atoms with van der Waals surface area (Å²) in [6.45, 7) is 2.81. The van der Waals surface area contributed by atoms with E-state index in [2.05, 4.69) is 5.32 Å². The van der Waals surface area contributed by atoms with E-state index in [0.717, 1.165) is 5.75 Å². The first-order chi connectivity index (χ1) is 12.6. The van der Waals surface area contributed by atoms with E-state index in [1.807, 2.05) is 49.4 Å². The summed E-state index contributed by atoms with van der Waals surface area (Å²) in [6.07, 6.45) is 0. The van der Waals surface area contributed by atoms with Gasteiger partial charge in [0.25, 0.3) is 5.91 Å². The third-order valence-electron chi connectivity index (χ3n) is 4.16. The number of nitrogens with one attached hydrogen (secondary N) is 1. The second kappa shape index (κ2) is 8.76. The van der Waals surface area contributed by atoms with E-state index < -0.39 is 6.04 Å². The van der Waals surface area contributed by atoms with Crippen LogP contribution >= 0.6 is 11.8 Å². The summed E-state index contributed by atoms with van der Waals surface area (Å²) < 4.78 is 5.62. The SMILES string of the molecule is Cc1ccc(OCCNC(=O)[C@@H]2CSCN2C(=O)c2ccccc2)cc1.